The van der Waals surface area contributed by atoms with E-state index in [-0.39, 0.29) is 12.1 Å². The Hall–Kier alpha value is -1.06. The number of hydrogen-bond donors (Lipinski definition) is 1. The zero-order valence-electron chi connectivity index (χ0n) is 20.2. The molecule has 4 heteroatoms. The second-order valence-electron chi connectivity index (χ2n) is 12.0. The van der Waals surface area contributed by atoms with Gasteiger partial charge < -0.3 is 9.84 Å². The van der Waals surface area contributed by atoms with Gasteiger partial charge in [0.1, 0.15) is 6.10 Å². The summed E-state index contributed by atoms with van der Waals surface area (Å²) in [6, 6.07) is 0. The van der Waals surface area contributed by atoms with Gasteiger partial charge in [0, 0.05) is 12.8 Å². The molecular formula is C27H44O4. The number of rotatable bonds is 6. The number of ether oxygens (including phenoxy) is 1. The van der Waals surface area contributed by atoms with Crippen LogP contribution in [0.3, 0.4) is 0 Å². The van der Waals surface area contributed by atoms with Gasteiger partial charge in [0.05, 0.1) is 0 Å². The summed E-state index contributed by atoms with van der Waals surface area (Å²) in [6.45, 7) is 9.32. The van der Waals surface area contributed by atoms with Crippen molar-refractivity contribution in [1.82, 2.24) is 0 Å². The number of esters is 1. The second-order valence-corrected chi connectivity index (χ2v) is 12.0. The molecule has 4 aliphatic rings. The van der Waals surface area contributed by atoms with Gasteiger partial charge in [0.15, 0.2) is 0 Å². The fraction of sp³-hybridized carbons (Fsp3) is 0.926. The zero-order valence-corrected chi connectivity index (χ0v) is 20.2. The van der Waals surface area contributed by atoms with Crippen molar-refractivity contribution in [3.63, 3.8) is 0 Å². The molecule has 0 aromatic carbocycles. The molecule has 0 aromatic heterocycles. The molecule has 0 bridgehead atoms. The highest BCUT2D eigenvalue weighted by molar-refractivity contribution is 5.69. The number of carbonyl (C=O) groups is 2. The Labute approximate surface area is 188 Å². The Bertz CT molecular complexity index is 689. The summed E-state index contributed by atoms with van der Waals surface area (Å²) in [5.41, 5.74) is 0.808. The van der Waals surface area contributed by atoms with Crippen molar-refractivity contribution >= 4 is 11.9 Å². The molecule has 9 atom stereocenters. The van der Waals surface area contributed by atoms with Gasteiger partial charge in [-0.1, -0.05) is 27.7 Å². The summed E-state index contributed by atoms with van der Waals surface area (Å²) in [4.78, 5) is 22.9. The Kier molecular flexibility index (Phi) is 6.49. The molecule has 4 aliphatic carbocycles. The molecule has 4 rings (SSSR count). The first-order chi connectivity index (χ1) is 14.7. The zero-order chi connectivity index (χ0) is 22.4. The summed E-state index contributed by atoms with van der Waals surface area (Å²) in [5.74, 6) is 3.69. The monoisotopic (exact) mass is 432 g/mol. The molecule has 0 heterocycles. The third-order valence-electron chi connectivity index (χ3n) is 10.8. The molecule has 4 nitrogen and oxygen atoms in total. The first-order valence-corrected chi connectivity index (χ1v) is 13.1. The minimum absolute atomic E-state index is 0.0373. The summed E-state index contributed by atoms with van der Waals surface area (Å²) in [7, 11) is 0. The first-order valence-electron chi connectivity index (χ1n) is 13.1. The Morgan fingerprint density at radius 1 is 1.00 bits per heavy atom. The Morgan fingerprint density at radius 3 is 2.42 bits per heavy atom. The highest BCUT2D eigenvalue weighted by Gasteiger charge is 2.60. The van der Waals surface area contributed by atoms with Gasteiger partial charge in [-0.25, -0.2) is 0 Å². The van der Waals surface area contributed by atoms with Crippen LogP contribution in [-0.2, 0) is 14.3 Å². The fourth-order valence-electron chi connectivity index (χ4n) is 9.12. The van der Waals surface area contributed by atoms with Gasteiger partial charge >= 0.3 is 11.9 Å². The van der Waals surface area contributed by atoms with Crippen molar-refractivity contribution in [3.8, 4) is 0 Å². The average Bonchev–Trinajstić information content (AvgIpc) is 3.09. The number of aliphatic carboxylic acids is 1. The summed E-state index contributed by atoms with van der Waals surface area (Å²) < 4.78 is 5.76. The van der Waals surface area contributed by atoms with Crippen LogP contribution in [0, 0.1) is 46.3 Å². The Balaban J connectivity index is 1.45. The number of carboxylic acids is 1. The van der Waals surface area contributed by atoms with E-state index < -0.39 is 5.97 Å². The van der Waals surface area contributed by atoms with Crippen LogP contribution in [0.25, 0.3) is 0 Å². The van der Waals surface area contributed by atoms with Crippen LogP contribution < -0.4 is 0 Å². The third-order valence-corrected chi connectivity index (χ3v) is 10.8. The van der Waals surface area contributed by atoms with Crippen molar-refractivity contribution in [2.45, 2.75) is 111 Å². The van der Waals surface area contributed by atoms with Gasteiger partial charge in [-0.15, -0.1) is 0 Å². The van der Waals surface area contributed by atoms with Crippen LogP contribution in [-0.4, -0.2) is 23.1 Å². The van der Waals surface area contributed by atoms with E-state index in [4.69, 9.17) is 9.84 Å². The van der Waals surface area contributed by atoms with Crippen LogP contribution in [0.4, 0.5) is 0 Å². The molecule has 176 valence electrons. The lowest BCUT2D eigenvalue weighted by molar-refractivity contribution is -0.162. The predicted molar refractivity (Wildman–Crippen MR) is 121 cm³/mol. The molecule has 0 aliphatic heterocycles. The lowest BCUT2D eigenvalue weighted by atomic mass is 9.44. The molecule has 1 N–H and O–H groups in total. The molecule has 31 heavy (non-hydrogen) atoms. The van der Waals surface area contributed by atoms with Crippen molar-refractivity contribution in [2.24, 2.45) is 46.3 Å². The quantitative estimate of drug-likeness (QED) is 0.489. The largest absolute Gasteiger partial charge is 0.481 e. The van der Waals surface area contributed by atoms with E-state index in [9.17, 15) is 9.59 Å². The van der Waals surface area contributed by atoms with Gasteiger partial charge in [-0.2, -0.15) is 0 Å². The smallest absolute Gasteiger partial charge is 0.305 e. The number of carbonyl (C=O) groups excluding carboxylic acids is 1. The lowest BCUT2D eigenvalue weighted by Gasteiger charge is -2.61. The van der Waals surface area contributed by atoms with Crippen molar-refractivity contribution in [1.29, 1.82) is 0 Å². The topological polar surface area (TPSA) is 63.6 Å². The van der Waals surface area contributed by atoms with Gasteiger partial charge in [-0.3, -0.25) is 9.59 Å². The SMILES string of the molecule is CCC(=O)O[C@@H]1CC[C@]2(C)C3CC[C@@]4(C)C(CC[C@@H]4[C@H](C)CCC(=O)O)C3CC[C@@H]2C1. The van der Waals surface area contributed by atoms with E-state index in [1.165, 1.54) is 44.9 Å². The minimum atomic E-state index is -0.651. The van der Waals surface area contributed by atoms with Crippen molar-refractivity contribution in [2.75, 3.05) is 0 Å². The van der Waals surface area contributed by atoms with Gasteiger partial charge in [0.25, 0.3) is 0 Å². The standard InChI is InChI=1S/C27H44O4/c1-5-25(30)31-19-12-14-26(3)18(16-19)7-8-20-22-10-9-21(17(2)6-11-24(28)29)27(22,4)15-13-23(20)26/h17-23H,5-16H2,1-4H3,(H,28,29)/t17-,18-,19-,20?,21-,22?,23?,26+,27-/m1/s1. The molecule has 0 spiro atoms. The Morgan fingerprint density at radius 2 is 1.71 bits per heavy atom. The van der Waals surface area contributed by atoms with Crippen LogP contribution in [0.15, 0.2) is 0 Å². The summed E-state index contributed by atoms with van der Waals surface area (Å²) in [6.07, 6.45) is 13.0. The van der Waals surface area contributed by atoms with E-state index in [2.05, 4.69) is 20.8 Å². The molecule has 4 fully saturated rings. The molecule has 0 radical (unpaired) electrons. The van der Waals surface area contributed by atoms with Gasteiger partial charge in [0.2, 0.25) is 0 Å². The lowest BCUT2D eigenvalue weighted by Crippen LogP contribution is -2.54. The molecule has 3 unspecified atom stereocenters. The molecule has 0 aromatic rings. The van der Waals surface area contributed by atoms with E-state index >= 15 is 0 Å². The number of carboxylic acid groups (broad SMARTS) is 1. The van der Waals surface area contributed by atoms with E-state index in [1.54, 1.807) is 0 Å². The van der Waals surface area contributed by atoms with Crippen LogP contribution in [0.2, 0.25) is 0 Å². The van der Waals surface area contributed by atoms with Crippen molar-refractivity contribution < 1.29 is 19.4 Å². The van der Waals surface area contributed by atoms with E-state index in [0.29, 0.717) is 41.4 Å². The molecule has 0 amide bonds. The predicted octanol–water partition coefficient (Wildman–Crippen LogP) is 6.47. The highest BCUT2D eigenvalue weighted by atomic mass is 16.5. The maximum Gasteiger partial charge on any atom is 0.305 e. The number of hydrogen-bond acceptors (Lipinski definition) is 3. The highest BCUT2D eigenvalue weighted by Crippen LogP contribution is 2.68. The maximum absolute atomic E-state index is 11.8. The third kappa shape index (κ3) is 4.06. The van der Waals surface area contributed by atoms with Crippen molar-refractivity contribution in [3.05, 3.63) is 0 Å². The van der Waals surface area contributed by atoms with Crippen LogP contribution >= 0.6 is 0 Å². The summed E-state index contributed by atoms with van der Waals surface area (Å²) in [5, 5.41) is 9.15. The van der Waals surface area contributed by atoms with E-state index in [1.807, 2.05) is 6.92 Å². The molecular weight excluding hydrogens is 388 g/mol. The summed E-state index contributed by atoms with van der Waals surface area (Å²) >= 11 is 0. The van der Waals surface area contributed by atoms with E-state index in [0.717, 1.165) is 37.0 Å². The normalized spacial score (nSPS) is 45.2. The average molecular weight is 433 g/mol. The van der Waals surface area contributed by atoms with Crippen LogP contribution in [0.5, 0.6) is 0 Å². The fourth-order valence-corrected chi connectivity index (χ4v) is 9.12. The second kappa shape index (κ2) is 8.71. The molecule has 0 saturated heterocycles. The first kappa shape index (κ1) is 23.1. The van der Waals surface area contributed by atoms with Crippen LogP contribution in [0.1, 0.15) is 105 Å². The minimum Gasteiger partial charge on any atom is -0.481 e. The number of fused-ring (bicyclic) bond motifs is 5. The molecule has 4 saturated carbocycles. The maximum atomic E-state index is 11.8. The van der Waals surface area contributed by atoms with Gasteiger partial charge in [-0.05, 0) is 111 Å².